The van der Waals surface area contributed by atoms with Gasteiger partial charge in [0.05, 0.1) is 17.3 Å². The molecule has 0 aliphatic carbocycles. The first-order chi connectivity index (χ1) is 15.0. The van der Waals surface area contributed by atoms with Crippen LogP contribution in [0.1, 0.15) is 19.5 Å². The molecule has 0 amide bonds. The van der Waals surface area contributed by atoms with Crippen molar-refractivity contribution in [2.45, 2.75) is 20.0 Å². The Hall–Kier alpha value is -3.34. The van der Waals surface area contributed by atoms with Gasteiger partial charge in [-0.25, -0.2) is 9.37 Å². The normalized spacial score (nSPS) is 11.5. The Bertz CT molecular complexity index is 1060. The summed E-state index contributed by atoms with van der Waals surface area (Å²) in [6.07, 6.45) is -2.06. The summed E-state index contributed by atoms with van der Waals surface area (Å²) in [6.45, 7) is 3.04. The number of aromatic nitrogens is 3. The van der Waals surface area contributed by atoms with E-state index in [4.69, 9.17) is 9.84 Å². The molecule has 0 atom stereocenters. The molecule has 11 heteroatoms. The molecule has 0 aliphatic rings. The monoisotopic (exact) mass is 457 g/mol. The van der Waals surface area contributed by atoms with Crippen molar-refractivity contribution in [1.29, 1.82) is 0 Å². The van der Waals surface area contributed by atoms with Gasteiger partial charge in [-0.1, -0.05) is 0 Å². The number of halogens is 5. The largest absolute Gasteiger partial charge is 0.489 e. The number of hydrogen-bond donors (Lipinski definition) is 2. The van der Waals surface area contributed by atoms with Crippen molar-refractivity contribution < 1.29 is 36.6 Å². The maximum atomic E-state index is 14.5. The van der Waals surface area contributed by atoms with Crippen molar-refractivity contribution in [3.8, 4) is 28.4 Å². The summed E-state index contributed by atoms with van der Waals surface area (Å²) in [5, 5.41) is 7.00. The molecule has 0 saturated heterocycles. The lowest BCUT2D eigenvalue weighted by Gasteiger charge is -2.18. The van der Waals surface area contributed by atoms with Gasteiger partial charge in [-0.15, -0.1) is 0 Å². The molecular formula is C21H20F5N3O3. The number of pyridine rings is 1. The second-order valence-electron chi connectivity index (χ2n) is 7.21. The highest BCUT2D eigenvalue weighted by Gasteiger charge is 2.33. The molecule has 6 nitrogen and oxygen atoms in total. The minimum absolute atomic E-state index is 0.0606. The number of carbonyl (C=O) groups excluding carboxylic acids is 1. The molecule has 32 heavy (non-hydrogen) atoms. The maximum absolute atomic E-state index is 14.5. The van der Waals surface area contributed by atoms with Crippen LogP contribution in [0.4, 0.5) is 22.0 Å². The quantitative estimate of drug-likeness (QED) is 0.416. The van der Waals surface area contributed by atoms with Gasteiger partial charge in [0, 0.05) is 24.4 Å². The Balaban J connectivity index is 0.00000176. The number of hydrogen-bond acceptors (Lipinski definition) is 5. The van der Waals surface area contributed by atoms with Crippen LogP contribution < -0.4 is 4.74 Å². The average Bonchev–Trinajstić information content (AvgIpc) is 3.27. The third kappa shape index (κ3) is 5.67. The third-order valence-electron chi connectivity index (χ3n) is 4.16. The van der Waals surface area contributed by atoms with Gasteiger partial charge in [0.15, 0.2) is 11.6 Å². The van der Waals surface area contributed by atoms with E-state index in [2.05, 4.69) is 15.0 Å². The molecule has 3 rings (SSSR count). The molecule has 1 aromatic carbocycles. The zero-order valence-corrected chi connectivity index (χ0v) is 17.3. The Morgan fingerprint density at radius 2 is 1.72 bits per heavy atom. The van der Waals surface area contributed by atoms with E-state index in [1.165, 1.54) is 30.5 Å². The number of aliphatic hydroxyl groups is 1. The molecular weight excluding hydrogens is 437 g/mol. The Kier molecular flexibility index (Phi) is 7.68. The summed E-state index contributed by atoms with van der Waals surface area (Å²) in [4.78, 5) is 20.7. The lowest BCUT2D eigenvalue weighted by Crippen LogP contribution is -2.23. The highest BCUT2D eigenvalue weighted by molar-refractivity contribution is 5.65. The predicted octanol–water partition coefficient (Wildman–Crippen LogP) is 4.65. The highest BCUT2D eigenvalue weighted by Crippen LogP contribution is 2.32. The molecule has 0 radical (unpaired) electrons. The van der Waals surface area contributed by atoms with Crippen molar-refractivity contribution in [2.75, 3.05) is 13.7 Å². The minimum Gasteiger partial charge on any atom is -0.489 e. The van der Waals surface area contributed by atoms with E-state index < -0.39 is 28.9 Å². The summed E-state index contributed by atoms with van der Waals surface area (Å²) >= 11 is 0. The van der Waals surface area contributed by atoms with Gasteiger partial charge in [-0.3, -0.25) is 4.98 Å². The van der Waals surface area contributed by atoms with Gasteiger partial charge in [0.2, 0.25) is 5.82 Å². The molecule has 2 N–H and O–H groups in total. The van der Waals surface area contributed by atoms with Crippen LogP contribution in [0.3, 0.4) is 0 Å². The molecule has 172 valence electrons. The van der Waals surface area contributed by atoms with E-state index in [1.807, 2.05) is 0 Å². The van der Waals surface area contributed by atoms with Gasteiger partial charge in [0.25, 0.3) is 0 Å². The number of imidazole rings is 1. The summed E-state index contributed by atoms with van der Waals surface area (Å²) in [5.41, 5.74) is -1.72. The number of carbonyl (C=O) groups is 1. The number of aromatic amines is 1. The highest BCUT2D eigenvalue weighted by atomic mass is 19.4. The van der Waals surface area contributed by atoms with Crippen LogP contribution in [0.2, 0.25) is 0 Å². The summed E-state index contributed by atoms with van der Waals surface area (Å²) in [7, 11) is 1.00. The molecule has 2 heterocycles. The van der Waals surface area contributed by atoms with Crippen molar-refractivity contribution in [3.63, 3.8) is 0 Å². The molecule has 2 aromatic heterocycles. The third-order valence-corrected chi connectivity index (χ3v) is 4.16. The van der Waals surface area contributed by atoms with Gasteiger partial charge in [-0.05, 0) is 38.1 Å². The van der Waals surface area contributed by atoms with Crippen molar-refractivity contribution in [2.24, 2.45) is 5.41 Å². The molecule has 0 unspecified atom stereocenters. The van der Waals surface area contributed by atoms with E-state index >= 15 is 0 Å². The Morgan fingerprint density at radius 1 is 1.03 bits per heavy atom. The van der Waals surface area contributed by atoms with E-state index in [-0.39, 0.29) is 35.0 Å². The fourth-order valence-corrected chi connectivity index (χ4v) is 2.44. The summed E-state index contributed by atoms with van der Waals surface area (Å²) < 4.78 is 72.0. The Morgan fingerprint density at radius 3 is 2.25 bits per heavy atom. The van der Waals surface area contributed by atoms with Gasteiger partial charge in [-0.2, -0.15) is 17.6 Å². The number of aliphatic hydroxyl groups excluding tert-OH is 1. The fourth-order valence-electron chi connectivity index (χ4n) is 2.44. The molecule has 0 fully saturated rings. The van der Waals surface area contributed by atoms with Crippen LogP contribution in [-0.4, -0.2) is 40.1 Å². The molecule has 0 aliphatic heterocycles. The van der Waals surface area contributed by atoms with E-state index in [9.17, 15) is 26.7 Å². The topological polar surface area (TPSA) is 88.1 Å². The molecule has 0 spiro atoms. The second kappa shape index (κ2) is 9.86. The number of nitrogens with zero attached hydrogens (tertiary/aromatic N) is 2. The second-order valence-corrected chi connectivity index (χ2v) is 7.21. The first-order valence-electron chi connectivity index (χ1n) is 9.13. The molecule has 3 aromatic rings. The average molecular weight is 457 g/mol. The standard InChI is InChI=1S/C20H16F5N3O2.CH4O/c1-19(2,9-29)10-30-14-6-4-12(16(21)17(14)22)13-5-3-11(7-26-13)18-27-8-15(28-18)20(23,24)25;1-2/h3-9H,10H2,1-2H3,(H,27,28);2H,1H3. The van der Waals surface area contributed by atoms with Gasteiger partial charge < -0.3 is 19.6 Å². The van der Waals surface area contributed by atoms with Gasteiger partial charge >= 0.3 is 6.18 Å². The number of alkyl halides is 3. The van der Waals surface area contributed by atoms with Crippen LogP contribution in [0.15, 0.2) is 36.7 Å². The van der Waals surface area contributed by atoms with Crippen LogP contribution in [0, 0.1) is 17.0 Å². The number of benzene rings is 1. The van der Waals surface area contributed by atoms with Crippen molar-refractivity contribution >= 4 is 6.29 Å². The Labute approximate surface area is 180 Å². The predicted molar refractivity (Wildman–Crippen MR) is 106 cm³/mol. The molecule has 0 saturated carbocycles. The lowest BCUT2D eigenvalue weighted by molar-refractivity contribution is -0.140. The summed E-state index contributed by atoms with van der Waals surface area (Å²) in [6, 6.07) is 5.19. The minimum atomic E-state index is -4.57. The van der Waals surface area contributed by atoms with Crippen LogP contribution in [0.25, 0.3) is 22.6 Å². The number of ether oxygens (including phenoxy) is 1. The first-order valence-corrected chi connectivity index (χ1v) is 9.13. The number of rotatable bonds is 6. The molecule has 0 bridgehead atoms. The lowest BCUT2D eigenvalue weighted by atomic mass is 9.98. The number of aldehydes is 1. The van der Waals surface area contributed by atoms with Gasteiger partial charge in [0.1, 0.15) is 24.4 Å². The SMILES string of the molecule is CC(C)(C=O)COc1ccc(-c2ccc(-c3ncc(C(F)(F)F)[nH]3)cn2)c(F)c1F.CO. The van der Waals surface area contributed by atoms with Crippen LogP contribution in [-0.2, 0) is 11.0 Å². The number of nitrogens with one attached hydrogen (secondary N) is 1. The van der Waals surface area contributed by atoms with Crippen LogP contribution >= 0.6 is 0 Å². The zero-order valence-electron chi connectivity index (χ0n) is 17.3. The van der Waals surface area contributed by atoms with Crippen molar-refractivity contribution in [3.05, 3.63) is 54.0 Å². The van der Waals surface area contributed by atoms with E-state index in [0.29, 0.717) is 12.5 Å². The van der Waals surface area contributed by atoms with Crippen molar-refractivity contribution in [1.82, 2.24) is 15.0 Å². The zero-order chi connectivity index (χ0) is 24.1. The fraction of sp³-hybridized carbons (Fsp3) is 0.286. The van der Waals surface area contributed by atoms with E-state index in [0.717, 1.165) is 7.11 Å². The van der Waals surface area contributed by atoms with E-state index in [1.54, 1.807) is 13.8 Å². The first kappa shape index (κ1) is 24.9. The van der Waals surface area contributed by atoms with Crippen LogP contribution in [0.5, 0.6) is 5.75 Å². The number of H-pyrrole nitrogens is 1. The smallest absolute Gasteiger partial charge is 0.432 e. The maximum Gasteiger partial charge on any atom is 0.432 e. The summed E-state index contributed by atoms with van der Waals surface area (Å²) in [5.74, 6) is -2.84.